The topological polar surface area (TPSA) is 32.3 Å². The Morgan fingerprint density at radius 1 is 1.46 bits per heavy atom. The Kier molecular flexibility index (Phi) is 4.22. The third-order valence-electron chi connectivity index (χ3n) is 2.61. The largest absolute Gasteiger partial charge is 0.343 e. The maximum absolute atomic E-state index is 11.7. The average molecular weight is 184 g/mol. The van der Waals surface area contributed by atoms with E-state index >= 15 is 0 Å². The van der Waals surface area contributed by atoms with Gasteiger partial charge >= 0.3 is 0 Å². The second-order valence-electron chi connectivity index (χ2n) is 3.63. The first-order valence-electron chi connectivity index (χ1n) is 5.29. The van der Waals surface area contributed by atoms with E-state index in [-0.39, 0.29) is 5.92 Å². The van der Waals surface area contributed by atoms with Gasteiger partial charge in [-0.05, 0) is 13.3 Å². The fraction of sp³-hybridized carbons (Fsp3) is 0.900. The molecule has 0 atom stereocenters. The molecule has 1 aliphatic rings. The van der Waals surface area contributed by atoms with Gasteiger partial charge in [-0.25, -0.2) is 0 Å². The first-order valence-corrected chi connectivity index (χ1v) is 5.29. The molecule has 1 fully saturated rings. The first kappa shape index (κ1) is 10.5. The molecule has 0 bridgehead atoms. The van der Waals surface area contributed by atoms with E-state index in [9.17, 15) is 4.79 Å². The molecule has 1 aliphatic heterocycles. The lowest BCUT2D eigenvalue weighted by atomic mass is 10.0. The van der Waals surface area contributed by atoms with Gasteiger partial charge in [0.2, 0.25) is 5.91 Å². The van der Waals surface area contributed by atoms with E-state index in [4.69, 9.17) is 0 Å². The highest BCUT2D eigenvalue weighted by molar-refractivity contribution is 5.80. The van der Waals surface area contributed by atoms with Gasteiger partial charge in [0.15, 0.2) is 0 Å². The van der Waals surface area contributed by atoms with Crippen LogP contribution >= 0.6 is 0 Å². The lowest BCUT2D eigenvalue weighted by Crippen LogP contribution is -2.52. The summed E-state index contributed by atoms with van der Waals surface area (Å²) in [5.41, 5.74) is 0. The molecule has 0 spiro atoms. The number of carbonyl (C=O) groups excluding carboxylic acids is 1. The molecule has 0 radical (unpaired) electrons. The molecular weight excluding hydrogens is 164 g/mol. The Morgan fingerprint density at radius 2 is 2.15 bits per heavy atom. The number of rotatable bonds is 5. The maximum atomic E-state index is 11.7. The van der Waals surface area contributed by atoms with Crippen LogP contribution in [-0.4, -0.2) is 37.0 Å². The minimum Gasteiger partial charge on any atom is -0.343 e. The van der Waals surface area contributed by atoms with E-state index in [0.717, 1.165) is 39.0 Å². The summed E-state index contributed by atoms with van der Waals surface area (Å²) in [7, 11) is 0. The zero-order chi connectivity index (χ0) is 9.68. The predicted octanol–water partition coefficient (Wildman–Crippen LogP) is 0.854. The summed E-state index contributed by atoms with van der Waals surface area (Å²) in [6.07, 6.45) is 2.28. The summed E-state index contributed by atoms with van der Waals surface area (Å²) in [5, 5.41) is 3.13. The van der Waals surface area contributed by atoms with Crippen LogP contribution in [0, 0.1) is 5.92 Å². The third kappa shape index (κ3) is 2.69. The van der Waals surface area contributed by atoms with Crippen molar-refractivity contribution in [1.82, 2.24) is 10.2 Å². The van der Waals surface area contributed by atoms with Crippen LogP contribution in [0.1, 0.15) is 26.7 Å². The molecule has 13 heavy (non-hydrogen) atoms. The lowest BCUT2D eigenvalue weighted by Gasteiger charge is -2.31. The van der Waals surface area contributed by atoms with Gasteiger partial charge in [-0.2, -0.15) is 0 Å². The third-order valence-corrected chi connectivity index (χ3v) is 2.61. The van der Waals surface area contributed by atoms with Gasteiger partial charge in [0.05, 0.1) is 5.92 Å². The van der Waals surface area contributed by atoms with E-state index in [1.165, 1.54) is 0 Å². The van der Waals surface area contributed by atoms with E-state index in [2.05, 4.69) is 19.2 Å². The van der Waals surface area contributed by atoms with Gasteiger partial charge < -0.3 is 10.2 Å². The second-order valence-corrected chi connectivity index (χ2v) is 3.63. The Hall–Kier alpha value is -0.570. The number of unbranched alkanes of at least 4 members (excludes halogenated alkanes) is 1. The highest BCUT2D eigenvalue weighted by atomic mass is 16.2. The average Bonchev–Trinajstić information content (AvgIpc) is 2.02. The van der Waals surface area contributed by atoms with Crippen molar-refractivity contribution in [2.24, 2.45) is 5.92 Å². The molecule has 1 N–H and O–H groups in total. The van der Waals surface area contributed by atoms with Crippen LogP contribution in [0.25, 0.3) is 0 Å². The first-order chi connectivity index (χ1) is 6.29. The number of hydrogen-bond donors (Lipinski definition) is 1. The van der Waals surface area contributed by atoms with Crippen LogP contribution < -0.4 is 5.32 Å². The minimum atomic E-state index is 0.261. The smallest absolute Gasteiger partial charge is 0.228 e. The van der Waals surface area contributed by atoms with Crippen molar-refractivity contribution >= 4 is 5.91 Å². The summed E-state index contributed by atoms with van der Waals surface area (Å²) in [4.78, 5) is 13.7. The Bertz CT molecular complexity index is 166. The van der Waals surface area contributed by atoms with E-state index in [1.54, 1.807) is 0 Å². The summed E-state index contributed by atoms with van der Waals surface area (Å²) in [6, 6.07) is 0. The Morgan fingerprint density at radius 3 is 2.54 bits per heavy atom. The Labute approximate surface area is 80.5 Å². The van der Waals surface area contributed by atoms with Crippen LogP contribution in [0.2, 0.25) is 0 Å². The fourth-order valence-corrected chi connectivity index (χ4v) is 1.49. The summed E-state index contributed by atoms with van der Waals surface area (Å²) in [5.74, 6) is 0.603. The van der Waals surface area contributed by atoms with Crippen molar-refractivity contribution in [3.05, 3.63) is 0 Å². The number of amides is 1. The monoisotopic (exact) mass is 184 g/mol. The van der Waals surface area contributed by atoms with Crippen molar-refractivity contribution in [2.45, 2.75) is 26.7 Å². The molecule has 0 aliphatic carbocycles. The van der Waals surface area contributed by atoms with Crippen molar-refractivity contribution in [3.63, 3.8) is 0 Å². The van der Waals surface area contributed by atoms with Crippen LogP contribution in [0.4, 0.5) is 0 Å². The zero-order valence-corrected chi connectivity index (χ0v) is 8.68. The molecular formula is C10H20N2O. The fourth-order valence-electron chi connectivity index (χ4n) is 1.49. The highest BCUT2D eigenvalue weighted by Gasteiger charge is 2.27. The minimum absolute atomic E-state index is 0.261. The van der Waals surface area contributed by atoms with Gasteiger partial charge in [-0.1, -0.05) is 13.3 Å². The van der Waals surface area contributed by atoms with Crippen LogP contribution in [0.15, 0.2) is 0 Å². The van der Waals surface area contributed by atoms with E-state index < -0.39 is 0 Å². The maximum Gasteiger partial charge on any atom is 0.228 e. The molecule has 0 aromatic heterocycles. The van der Waals surface area contributed by atoms with E-state index in [1.807, 2.05) is 4.90 Å². The quantitative estimate of drug-likeness (QED) is 0.687. The van der Waals surface area contributed by atoms with Gasteiger partial charge in [0.1, 0.15) is 0 Å². The highest BCUT2D eigenvalue weighted by Crippen LogP contribution is 2.08. The molecule has 3 heteroatoms. The molecule has 1 heterocycles. The summed E-state index contributed by atoms with van der Waals surface area (Å²) >= 11 is 0. The zero-order valence-electron chi connectivity index (χ0n) is 8.68. The van der Waals surface area contributed by atoms with E-state index in [0.29, 0.717) is 5.91 Å². The molecule has 1 rings (SSSR count). The van der Waals surface area contributed by atoms with Crippen molar-refractivity contribution in [3.8, 4) is 0 Å². The van der Waals surface area contributed by atoms with Crippen LogP contribution in [0.5, 0.6) is 0 Å². The van der Waals surface area contributed by atoms with Gasteiger partial charge in [0.25, 0.3) is 0 Å². The van der Waals surface area contributed by atoms with Gasteiger partial charge in [-0.15, -0.1) is 0 Å². The molecule has 0 saturated carbocycles. The summed E-state index contributed by atoms with van der Waals surface area (Å²) in [6.45, 7) is 7.75. The predicted molar refractivity (Wildman–Crippen MR) is 53.5 cm³/mol. The normalized spacial score (nSPS) is 16.8. The SMILES string of the molecule is CCCCN(CC)C(=O)C1CNC1. The van der Waals surface area contributed by atoms with Crippen molar-refractivity contribution < 1.29 is 4.79 Å². The Balaban J connectivity index is 2.30. The van der Waals surface area contributed by atoms with Gasteiger partial charge in [0, 0.05) is 26.2 Å². The number of carbonyl (C=O) groups is 1. The molecule has 1 saturated heterocycles. The van der Waals surface area contributed by atoms with Gasteiger partial charge in [-0.3, -0.25) is 4.79 Å². The molecule has 0 unspecified atom stereocenters. The molecule has 1 amide bonds. The summed E-state index contributed by atoms with van der Waals surface area (Å²) < 4.78 is 0. The van der Waals surface area contributed by atoms with Crippen LogP contribution in [-0.2, 0) is 4.79 Å². The van der Waals surface area contributed by atoms with Crippen molar-refractivity contribution in [1.29, 1.82) is 0 Å². The molecule has 0 aromatic carbocycles. The molecule has 76 valence electrons. The standard InChI is InChI=1S/C10H20N2O/c1-3-5-6-12(4-2)10(13)9-7-11-8-9/h9,11H,3-8H2,1-2H3. The molecule has 0 aromatic rings. The number of nitrogens with zero attached hydrogens (tertiary/aromatic N) is 1. The van der Waals surface area contributed by atoms with Crippen LogP contribution in [0.3, 0.4) is 0 Å². The number of nitrogens with one attached hydrogen (secondary N) is 1. The lowest BCUT2D eigenvalue weighted by molar-refractivity contribution is -0.136. The molecule has 3 nitrogen and oxygen atoms in total. The number of hydrogen-bond acceptors (Lipinski definition) is 2. The van der Waals surface area contributed by atoms with Crippen molar-refractivity contribution in [2.75, 3.05) is 26.2 Å². The second kappa shape index (κ2) is 5.22.